The second-order valence-electron chi connectivity index (χ2n) is 6.46. The molecule has 3 N–H and O–H groups in total. The molecule has 1 aliphatic carbocycles. The van der Waals surface area contributed by atoms with Crippen LogP contribution in [0.15, 0.2) is 42.6 Å². The smallest absolute Gasteiger partial charge is 0.319 e. The minimum atomic E-state index is -0.540. The summed E-state index contributed by atoms with van der Waals surface area (Å²) >= 11 is 6.38. The van der Waals surface area contributed by atoms with Gasteiger partial charge in [-0.3, -0.25) is 9.88 Å². The number of phenols is 1. The minimum absolute atomic E-state index is 0.0861. The first kappa shape index (κ1) is 17.9. The van der Waals surface area contributed by atoms with E-state index in [0.717, 1.165) is 12.8 Å². The number of fused-ring (bicyclic) bond motifs is 1. The number of ether oxygens (including phenoxy) is 1. The first-order valence-corrected chi connectivity index (χ1v) is 8.93. The summed E-state index contributed by atoms with van der Waals surface area (Å²) in [7, 11) is 0. The monoisotopic (exact) mass is 394 g/mol. The minimum Gasteiger partial charge on any atom is -0.506 e. The van der Waals surface area contributed by atoms with Crippen molar-refractivity contribution >= 4 is 34.2 Å². The van der Waals surface area contributed by atoms with Crippen molar-refractivity contribution in [1.29, 1.82) is 5.26 Å². The Morgan fingerprint density at radius 2 is 2.11 bits per heavy atom. The lowest BCUT2D eigenvalue weighted by atomic mass is 10.1. The van der Waals surface area contributed by atoms with Gasteiger partial charge >= 0.3 is 6.03 Å². The van der Waals surface area contributed by atoms with Crippen LogP contribution in [0, 0.1) is 11.3 Å². The van der Waals surface area contributed by atoms with E-state index in [-0.39, 0.29) is 17.4 Å². The number of benzene rings is 2. The molecule has 0 radical (unpaired) electrons. The van der Waals surface area contributed by atoms with Gasteiger partial charge in [-0.1, -0.05) is 11.6 Å². The van der Waals surface area contributed by atoms with E-state index < -0.39 is 6.03 Å². The highest BCUT2D eigenvalue weighted by atomic mass is 35.5. The third-order valence-corrected chi connectivity index (χ3v) is 4.80. The van der Waals surface area contributed by atoms with E-state index in [4.69, 9.17) is 27.3 Å². The number of nitrogens with zero attached hydrogens (tertiary/aromatic N) is 3. The molecule has 1 aliphatic rings. The fourth-order valence-electron chi connectivity index (χ4n) is 3.04. The fraction of sp³-hybridized carbons (Fsp3) is 0.150. The molecular formula is C20H15ClN4O3. The van der Waals surface area contributed by atoms with Gasteiger partial charge in [-0.15, -0.1) is 0 Å². The van der Waals surface area contributed by atoms with E-state index in [9.17, 15) is 9.90 Å². The number of rotatable bonds is 4. The average Bonchev–Trinajstić information content (AvgIpc) is 3.48. The average molecular weight is 395 g/mol. The Bertz CT molecular complexity index is 1140. The Morgan fingerprint density at radius 3 is 2.75 bits per heavy atom. The van der Waals surface area contributed by atoms with E-state index in [1.165, 1.54) is 17.0 Å². The zero-order valence-electron chi connectivity index (χ0n) is 14.6. The Morgan fingerprint density at radius 1 is 1.32 bits per heavy atom. The summed E-state index contributed by atoms with van der Waals surface area (Å²) in [5.41, 5.74) is 6.64. The van der Waals surface area contributed by atoms with Crippen molar-refractivity contribution in [2.45, 2.75) is 18.9 Å². The van der Waals surface area contributed by atoms with Gasteiger partial charge in [0.2, 0.25) is 0 Å². The molecule has 7 nitrogen and oxygen atoms in total. The highest BCUT2D eigenvalue weighted by Crippen LogP contribution is 2.39. The molecule has 0 bridgehead atoms. The molecule has 2 amide bonds. The normalized spacial score (nSPS) is 13.1. The molecule has 0 saturated heterocycles. The number of anilines is 1. The van der Waals surface area contributed by atoms with Gasteiger partial charge in [0.1, 0.15) is 23.3 Å². The number of phenolic OH excluding ortho intramolecular Hbond substituents is 1. The molecule has 2 aromatic carbocycles. The molecule has 0 spiro atoms. The molecule has 28 heavy (non-hydrogen) atoms. The Kier molecular flexibility index (Phi) is 4.41. The van der Waals surface area contributed by atoms with Crippen LogP contribution in [-0.2, 0) is 0 Å². The summed E-state index contributed by atoms with van der Waals surface area (Å²) in [6, 6.07) is 11.1. The molecule has 4 rings (SSSR count). The first-order chi connectivity index (χ1) is 13.5. The number of carbonyl (C=O) groups excluding carboxylic acids is 1. The van der Waals surface area contributed by atoms with Gasteiger partial charge in [0.05, 0.1) is 21.8 Å². The van der Waals surface area contributed by atoms with E-state index >= 15 is 0 Å². The highest BCUT2D eigenvalue weighted by molar-refractivity contribution is 6.34. The van der Waals surface area contributed by atoms with Crippen molar-refractivity contribution < 1.29 is 14.6 Å². The summed E-state index contributed by atoms with van der Waals surface area (Å²) in [6.07, 6.45) is 3.34. The van der Waals surface area contributed by atoms with Crippen LogP contribution in [0.3, 0.4) is 0 Å². The molecule has 1 saturated carbocycles. The lowest BCUT2D eigenvalue weighted by Crippen LogP contribution is -2.37. The van der Waals surface area contributed by atoms with Crippen LogP contribution in [-0.4, -0.2) is 22.2 Å². The van der Waals surface area contributed by atoms with Crippen LogP contribution in [0.2, 0.25) is 5.02 Å². The van der Waals surface area contributed by atoms with Crippen molar-refractivity contribution in [3.05, 3.63) is 53.2 Å². The van der Waals surface area contributed by atoms with E-state index in [2.05, 4.69) is 4.98 Å². The van der Waals surface area contributed by atoms with Gasteiger partial charge in [-0.05, 0) is 37.1 Å². The zero-order valence-corrected chi connectivity index (χ0v) is 15.3. The third-order valence-electron chi connectivity index (χ3n) is 4.50. The standard InChI is InChI=1S/C20H15ClN4O3/c21-15-8-13(3-4-17(15)25(20(23)27)12-1-2-12)28-19-5-6-24-16-9-18(26)11(10-22)7-14(16)19/h3-9,12,26H,1-2H2,(H2,23,27). The Hall–Kier alpha value is -3.50. The van der Waals surface area contributed by atoms with Gasteiger partial charge in [0.25, 0.3) is 0 Å². The molecule has 8 heteroatoms. The first-order valence-electron chi connectivity index (χ1n) is 8.56. The number of nitriles is 1. The van der Waals surface area contributed by atoms with E-state index in [0.29, 0.717) is 33.1 Å². The largest absolute Gasteiger partial charge is 0.506 e. The van der Waals surface area contributed by atoms with Crippen LogP contribution in [0.4, 0.5) is 10.5 Å². The number of hydrogen-bond acceptors (Lipinski definition) is 5. The highest BCUT2D eigenvalue weighted by Gasteiger charge is 2.33. The van der Waals surface area contributed by atoms with Gasteiger partial charge in [-0.2, -0.15) is 5.26 Å². The Labute approximate surface area is 165 Å². The summed E-state index contributed by atoms with van der Waals surface area (Å²) in [4.78, 5) is 17.4. The molecule has 3 aromatic rings. The second kappa shape index (κ2) is 6.91. The molecule has 0 atom stereocenters. The number of hydrogen-bond donors (Lipinski definition) is 2. The maximum absolute atomic E-state index is 11.7. The number of amides is 2. The molecule has 1 fully saturated rings. The summed E-state index contributed by atoms with van der Waals surface area (Å²) in [5.74, 6) is 0.769. The van der Waals surface area contributed by atoms with Crippen LogP contribution in [0.1, 0.15) is 18.4 Å². The van der Waals surface area contributed by atoms with Gasteiger partial charge in [0, 0.05) is 29.8 Å². The second-order valence-corrected chi connectivity index (χ2v) is 6.87. The summed E-state index contributed by atoms with van der Waals surface area (Å²) in [6.45, 7) is 0. The zero-order chi connectivity index (χ0) is 19.8. The predicted molar refractivity (Wildman–Crippen MR) is 105 cm³/mol. The molecule has 0 aliphatic heterocycles. The number of primary amides is 1. The predicted octanol–water partition coefficient (Wildman–Crippen LogP) is 4.31. The van der Waals surface area contributed by atoms with Crippen molar-refractivity contribution in [3.8, 4) is 23.3 Å². The maximum Gasteiger partial charge on any atom is 0.319 e. The number of aromatic hydroxyl groups is 1. The number of nitrogens with two attached hydrogens (primary N) is 1. The quantitative estimate of drug-likeness (QED) is 0.684. The third kappa shape index (κ3) is 3.26. The SMILES string of the molecule is N#Cc1cc2c(Oc3ccc(N(C(N)=O)C4CC4)c(Cl)c3)ccnc2cc1O. The molecule has 0 unspecified atom stereocenters. The van der Waals surface area contributed by atoms with Gasteiger partial charge in [-0.25, -0.2) is 4.79 Å². The molecule has 140 valence electrons. The number of carbonyl (C=O) groups is 1. The van der Waals surface area contributed by atoms with Crippen molar-refractivity contribution in [3.63, 3.8) is 0 Å². The van der Waals surface area contributed by atoms with Crippen molar-refractivity contribution in [2.75, 3.05) is 4.90 Å². The van der Waals surface area contributed by atoms with E-state index in [1.807, 2.05) is 6.07 Å². The van der Waals surface area contributed by atoms with Crippen molar-refractivity contribution in [1.82, 2.24) is 4.98 Å². The number of urea groups is 1. The van der Waals surface area contributed by atoms with Crippen LogP contribution in [0.25, 0.3) is 10.9 Å². The number of halogens is 1. The molecule has 1 heterocycles. The van der Waals surface area contributed by atoms with Crippen molar-refractivity contribution in [2.24, 2.45) is 5.73 Å². The topological polar surface area (TPSA) is 112 Å². The molecular weight excluding hydrogens is 380 g/mol. The lowest BCUT2D eigenvalue weighted by molar-refractivity contribution is 0.253. The molecule has 1 aromatic heterocycles. The summed E-state index contributed by atoms with van der Waals surface area (Å²) < 4.78 is 5.93. The van der Waals surface area contributed by atoms with Gasteiger partial charge in [0.15, 0.2) is 0 Å². The van der Waals surface area contributed by atoms with Crippen LogP contribution >= 0.6 is 11.6 Å². The summed E-state index contributed by atoms with van der Waals surface area (Å²) in [5, 5.41) is 19.9. The van der Waals surface area contributed by atoms with Crippen LogP contribution < -0.4 is 15.4 Å². The Balaban J connectivity index is 1.69. The number of aromatic nitrogens is 1. The van der Waals surface area contributed by atoms with Gasteiger partial charge < -0.3 is 15.6 Å². The van der Waals surface area contributed by atoms with E-state index in [1.54, 1.807) is 30.5 Å². The lowest BCUT2D eigenvalue weighted by Gasteiger charge is -2.21. The maximum atomic E-state index is 11.7. The fourth-order valence-corrected chi connectivity index (χ4v) is 3.30. The van der Waals surface area contributed by atoms with Crippen LogP contribution in [0.5, 0.6) is 17.2 Å². The number of pyridine rings is 1.